The summed E-state index contributed by atoms with van der Waals surface area (Å²) >= 11 is 0. The molecule has 4 rings (SSSR count). The third-order valence-corrected chi connectivity index (χ3v) is 3.17. The molecule has 0 bridgehead atoms. The van der Waals surface area contributed by atoms with E-state index in [1.807, 2.05) is 77.9 Å². The fourth-order valence-electron chi connectivity index (χ4n) is 1.98. The minimum absolute atomic E-state index is 1.31. The summed E-state index contributed by atoms with van der Waals surface area (Å²) in [5.41, 5.74) is 1.32. The van der Waals surface area contributed by atoms with E-state index in [4.69, 9.17) is 0 Å². The summed E-state index contributed by atoms with van der Waals surface area (Å²) in [5, 5.41) is 2.62. The average Bonchev–Trinajstić information content (AvgIpc) is 2.85. The molecule has 4 aromatic rings. The standard InChI is InChI=1S/C10H8.C7H8.C5H5N.3C2H6/c1-2-6-10-8-4-3-7-9(10)5-1;1-7-5-3-2-4-6-7;1-2-4-6-5-3-1;3*1-2/h1-8H;2-6H,1H3;1-5H;3*1-2H3. The van der Waals surface area contributed by atoms with Crippen molar-refractivity contribution in [1.29, 1.82) is 0 Å². The number of aromatic nitrogens is 1. The van der Waals surface area contributed by atoms with E-state index in [0.717, 1.165) is 0 Å². The van der Waals surface area contributed by atoms with Crippen LogP contribution in [0.5, 0.6) is 0 Å². The van der Waals surface area contributed by atoms with Gasteiger partial charge in [0, 0.05) is 12.4 Å². The van der Waals surface area contributed by atoms with E-state index in [-0.39, 0.29) is 0 Å². The number of fused-ring (bicyclic) bond motifs is 1. The Morgan fingerprint density at radius 3 is 0.931 bits per heavy atom. The van der Waals surface area contributed by atoms with Gasteiger partial charge in [0.05, 0.1) is 0 Å². The maximum Gasteiger partial charge on any atom is 0.0267 e. The quantitative estimate of drug-likeness (QED) is 0.292. The number of benzene rings is 3. The lowest BCUT2D eigenvalue weighted by molar-refractivity contribution is 1.33. The van der Waals surface area contributed by atoms with Crippen molar-refractivity contribution < 1.29 is 0 Å². The van der Waals surface area contributed by atoms with Crippen molar-refractivity contribution in [2.45, 2.75) is 48.5 Å². The van der Waals surface area contributed by atoms with Crippen molar-refractivity contribution in [2.24, 2.45) is 0 Å². The third-order valence-electron chi connectivity index (χ3n) is 3.17. The highest BCUT2D eigenvalue weighted by Crippen LogP contribution is 2.11. The van der Waals surface area contributed by atoms with Gasteiger partial charge < -0.3 is 0 Å². The Labute approximate surface area is 179 Å². The van der Waals surface area contributed by atoms with Gasteiger partial charge >= 0.3 is 0 Å². The molecule has 1 heteroatoms. The van der Waals surface area contributed by atoms with E-state index in [0.29, 0.717) is 0 Å². The first-order chi connectivity index (χ1) is 14.4. The van der Waals surface area contributed by atoms with Gasteiger partial charge in [0.15, 0.2) is 0 Å². The summed E-state index contributed by atoms with van der Waals surface area (Å²) in [6.45, 7) is 14.1. The highest BCUT2D eigenvalue weighted by Gasteiger charge is 1.85. The fraction of sp³-hybridized carbons (Fsp3) is 0.250. The molecule has 0 spiro atoms. The first-order valence-electron chi connectivity index (χ1n) is 10.7. The highest BCUT2D eigenvalue weighted by molar-refractivity contribution is 5.81. The lowest BCUT2D eigenvalue weighted by Crippen LogP contribution is -1.67. The zero-order chi connectivity index (χ0) is 22.2. The Hall–Kier alpha value is -2.93. The summed E-state index contributed by atoms with van der Waals surface area (Å²) in [4.78, 5) is 3.78. The molecule has 0 aliphatic carbocycles. The summed E-state index contributed by atoms with van der Waals surface area (Å²) in [5.74, 6) is 0. The topological polar surface area (TPSA) is 12.9 Å². The smallest absolute Gasteiger partial charge is 0.0267 e. The van der Waals surface area contributed by atoms with Gasteiger partial charge in [-0.2, -0.15) is 0 Å². The van der Waals surface area contributed by atoms with E-state index < -0.39 is 0 Å². The van der Waals surface area contributed by atoms with E-state index in [1.165, 1.54) is 16.3 Å². The van der Waals surface area contributed by atoms with Gasteiger partial charge in [0.25, 0.3) is 0 Å². The van der Waals surface area contributed by atoms with Gasteiger partial charge in [-0.25, -0.2) is 0 Å². The molecule has 1 heterocycles. The van der Waals surface area contributed by atoms with Gasteiger partial charge in [-0.3, -0.25) is 4.98 Å². The van der Waals surface area contributed by atoms with Crippen LogP contribution in [0.4, 0.5) is 0 Å². The van der Waals surface area contributed by atoms with Gasteiger partial charge in [0.2, 0.25) is 0 Å². The molecular formula is C28H39N. The second-order valence-electron chi connectivity index (χ2n) is 5.03. The Kier molecular flexibility index (Phi) is 22.5. The van der Waals surface area contributed by atoms with Gasteiger partial charge in [-0.1, -0.05) is 132 Å². The van der Waals surface area contributed by atoms with Crippen molar-refractivity contribution in [3.63, 3.8) is 0 Å². The van der Waals surface area contributed by atoms with Crippen LogP contribution < -0.4 is 0 Å². The highest BCUT2D eigenvalue weighted by atomic mass is 14.6. The first-order valence-corrected chi connectivity index (χ1v) is 10.7. The summed E-state index contributed by atoms with van der Waals surface area (Å²) in [6.07, 6.45) is 3.50. The molecule has 0 unspecified atom stereocenters. The molecule has 0 N–H and O–H groups in total. The van der Waals surface area contributed by atoms with Crippen LogP contribution >= 0.6 is 0 Å². The Morgan fingerprint density at radius 1 is 0.414 bits per heavy atom. The van der Waals surface area contributed by atoms with Crippen molar-refractivity contribution in [2.75, 3.05) is 0 Å². The van der Waals surface area contributed by atoms with Crippen LogP contribution in [-0.4, -0.2) is 4.98 Å². The lowest BCUT2D eigenvalue weighted by Gasteiger charge is -1.92. The largest absolute Gasteiger partial charge is 0.265 e. The first kappa shape index (κ1) is 28.3. The normalized spacial score (nSPS) is 7.83. The van der Waals surface area contributed by atoms with Crippen LogP contribution in [0.25, 0.3) is 10.8 Å². The average molecular weight is 390 g/mol. The van der Waals surface area contributed by atoms with Crippen molar-refractivity contribution in [1.82, 2.24) is 4.98 Å². The zero-order valence-corrected chi connectivity index (χ0v) is 19.3. The van der Waals surface area contributed by atoms with Gasteiger partial charge in [-0.05, 0) is 29.8 Å². The SMILES string of the molecule is CC.CC.CC.Cc1ccccc1.c1ccc2ccccc2c1.c1ccncc1. The molecule has 0 fully saturated rings. The summed E-state index contributed by atoms with van der Waals surface area (Å²) < 4.78 is 0. The van der Waals surface area contributed by atoms with E-state index in [9.17, 15) is 0 Å². The number of hydrogen-bond donors (Lipinski definition) is 0. The number of pyridine rings is 1. The summed E-state index contributed by atoms with van der Waals surface area (Å²) in [7, 11) is 0. The molecule has 3 aromatic carbocycles. The molecule has 0 aliphatic rings. The third kappa shape index (κ3) is 15.8. The van der Waals surface area contributed by atoms with E-state index in [2.05, 4.69) is 72.6 Å². The minimum atomic E-state index is 1.31. The Balaban J connectivity index is 0. The van der Waals surface area contributed by atoms with Crippen LogP contribution in [0.2, 0.25) is 0 Å². The van der Waals surface area contributed by atoms with Gasteiger partial charge in [-0.15, -0.1) is 0 Å². The van der Waals surface area contributed by atoms with Crippen molar-refractivity contribution in [3.05, 3.63) is 115 Å². The molecular weight excluding hydrogens is 350 g/mol. The number of nitrogens with zero attached hydrogens (tertiary/aromatic N) is 1. The molecule has 0 atom stereocenters. The van der Waals surface area contributed by atoms with Crippen LogP contribution in [0, 0.1) is 6.92 Å². The molecule has 1 nitrogen and oxygen atoms in total. The molecule has 0 saturated heterocycles. The lowest BCUT2D eigenvalue weighted by atomic mass is 10.1. The predicted octanol–water partition coefficient (Wildman–Crippen LogP) is 9.00. The maximum atomic E-state index is 3.78. The number of rotatable bonds is 0. The fourth-order valence-corrected chi connectivity index (χ4v) is 1.98. The van der Waals surface area contributed by atoms with Crippen molar-refractivity contribution in [3.8, 4) is 0 Å². The molecule has 0 radical (unpaired) electrons. The maximum absolute atomic E-state index is 3.78. The van der Waals surface area contributed by atoms with Crippen LogP contribution in [0.1, 0.15) is 47.1 Å². The van der Waals surface area contributed by atoms with Crippen LogP contribution in [-0.2, 0) is 0 Å². The Morgan fingerprint density at radius 2 is 0.724 bits per heavy atom. The minimum Gasteiger partial charge on any atom is -0.265 e. The van der Waals surface area contributed by atoms with Crippen LogP contribution in [0.3, 0.4) is 0 Å². The second-order valence-corrected chi connectivity index (χ2v) is 5.03. The van der Waals surface area contributed by atoms with Crippen LogP contribution in [0.15, 0.2) is 109 Å². The molecule has 1 aromatic heterocycles. The zero-order valence-electron chi connectivity index (χ0n) is 19.3. The number of hydrogen-bond acceptors (Lipinski definition) is 1. The number of aryl methyl sites for hydroxylation is 1. The van der Waals surface area contributed by atoms with Gasteiger partial charge in [0.1, 0.15) is 0 Å². The molecule has 156 valence electrons. The van der Waals surface area contributed by atoms with Crippen molar-refractivity contribution >= 4 is 10.8 Å². The molecule has 0 saturated carbocycles. The molecule has 0 amide bonds. The molecule has 29 heavy (non-hydrogen) atoms. The van der Waals surface area contributed by atoms with E-state index >= 15 is 0 Å². The Bertz CT molecular complexity index is 688. The molecule has 0 aliphatic heterocycles. The predicted molar refractivity (Wildman–Crippen MR) is 133 cm³/mol. The monoisotopic (exact) mass is 389 g/mol. The van der Waals surface area contributed by atoms with E-state index in [1.54, 1.807) is 12.4 Å². The second kappa shape index (κ2) is 23.1. The summed E-state index contributed by atoms with van der Waals surface area (Å²) in [6, 6.07) is 32.7.